The fraction of sp³-hybridized carbons (Fsp3) is 0.0556. The Balaban J connectivity index is 1.73. The van der Waals surface area contributed by atoms with Crippen LogP contribution in [0.5, 0.6) is 0 Å². The number of benzene rings is 2. The number of nitrogens with one attached hydrogen (secondary N) is 1. The van der Waals surface area contributed by atoms with Crippen molar-refractivity contribution in [3.05, 3.63) is 69.5 Å². The molecule has 6 heteroatoms. The van der Waals surface area contributed by atoms with Crippen LogP contribution in [0.2, 0.25) is 0 Å². The Morgan fingerprint density at radius 3 is 2.25 bits per heavy atom. The largest absolute Gasteiger partial charge is 0.298 e. The monoisotopic (exact) mass is 400 g/mol. The number of carbonyl (C=O) groups excluding carboxylic acids is 2. The van der Waals surface area contributed by atoms with E-state index in [0.29, 0.717) is 16.3 Å². The summed E-state index contributed by atoms with van der Waals surface area (Å²) in [6, 6.07) is 14.4. The van der Waals surface area contributed by atoms with E-state index in [4.69, 9.17) is 0 Å². The molecule has 120 valence electrons. The van der Waals surface area contributed by atoms with Crippen molar-refractivity contribution in [1.82, 2.24) is 4.98 Å². The second-order valence-corrected chi connectivity index (χ2v) is 6.91. The van der Waals surface area contributed by atoms with Gasteiger partial charge in [-0.25, -0.2) is 4.98 Å². The molecule has 0 atom stereocenters. The minimum atomic E-state index is -0.248. The predicted octanol–water partition coefficient (Wildman–Crippen LogP) is 5.03. The van der Waals surface area contributed by atoms with Gasteiger partial charge in [-0.15, -0.1) is 11.3 Å². The zero-order valence-electron chi connectivity index (χ0n) is 12.7. The minimum Gasteiger partial charge on any atom is -0.298 e. The van der Waals surface area contributed by atoms with Crippen molar-refractivity contribution in [3.8, 4) is 11.3 Å². The average Bonchev–Trinajstić information content (AvgIpc) is 3.04. The van der Waals surface area contributed by atoms with Crippen LogP contribution in [-0.2, 0) is 0 Å². The molecule has 24 heavy (non-hydrogen) atoms. The van der Waals surface area contributed by atoms with Crippen LogP contribution in [0.1, 0.15) is 27.6 Å². The standard InChI is InChI=1S/C18H13BrN2O2S/c1-11(22)12-2-4-14(5-3-12)17(23)21-18-20-16(10-24-18)13-6-8-15(19)9-7-13/h2-10H,1H3,(H,20,21,23). The number of aromatic nitrogens is 1. The van der Waals surface area contributed by atoms with Gasteiger partial charge in [-0.2, -0.15) is 0 Å². The maximum Gasteiger partial charge on any atom is 0.257 e. The maximum absolute atomic E-state index is 12.3. The topological polar surface area (TPSA) is 59.1 Å². The first kappa shape index (κ1) is 16.5. The fourth-order valence-electron chi connectivity index (χ4n) is 2.11. The van der Waals surface area contributed by atoms with Crippen molar-refractivity contribution in [3.63, 3.8) is 0 Å². The van der Waals surface area contributed by atoms with Crippen LogP contribution < -0.4 is 5.32 Å². The first-order chi connectivity index (χ1) is 11.5. The number of hydrogen-bond donors (Lipinski definition) is 1. The van der Waals surface area contributed by atoms with Gasteiger partial charge in [0.1, 0.15) is 0 Å². The van der Waals surface area contributed by atoms with E-state index >= 15 is 0 Å². The normalized spacial score (nSPS) is 10.4. The fourth-order valence-corrected chi connectivity index (χ4v) is 3.09. The molecule has 1 aromatic heterocycles. The van der Waals surface area contributed by atoms with E-state index in [1.807, 2.05) is 29.6 Å². The summed E-state index contributed by atoms with van der Waals surface area (Å²) in [4.78, 5) is 28.0. The highest BCUT2D eigenvalue weighted by molar-refractivity contribution is 9.10. The lowest BCUT2D eigenvalue weighted by atomic mass is 10.1. The van der Waals surface area contributed by atoms with Gasteiger partial charge in [0.2, 0.25) is 0 Å². The maximum atomic E-state index is 12.3. The highest BCUT2D eigenvalue weighted by atomic mass is 79.9. The second-order valence-electron chi connectivity index (χ2n) is 5.13. The summed E-state index contributed by atoms with van der Waals surface area (Å²) in [7, 11) is 0. The van der Waals surface area contributed by atoms with Gasteiger partial charge in [0.05, 0.1) is 5.69 Å². The predicted molar refractivity (Wildman–Crippen MR) is 99.6 cm³/mol. The van der Waals surface area contributed by atoms with Gasteiger partial charge in [0, 0.05) is 26.5 Å². The van der Waals surface area contributed by atoms with Gasteiger partial charge in [0.25, 0.3) is 5.91 Å². The lowest BCUT2D eigenvalue weighted by Crippen LogP contribution is -2.11. The molecule has 4 nitrogen and oxygen atoms in total. The SMILES string of the molecule is CC(=O)c1ccc(C(=O)Nc2nc(-c3ccc(Br)cc3)cs2)cc1. The van der Waals surface area contributed by atoms with Gasteiger partial charge < -0.3 is 0 Å². The molecule has 2 aromatic carbocycles. The van der Waals surface area contributed by atoms with Crippen molar-refractivity contribution in [2.75, 3.05) is 5.32 Å². The lowest BCUT2D eigenvalue weighted by Gasteiger charge is -2.02. The number of anilines is 1. The molecule has 3 rings (SSSR count). The highest BCUT2D eigenvalue weighted by Gasteiger charge is 2.10. The molecule has 3 aromatic rings. The number of hydrogen-bond acceptors (Lipinski definition) is 4. The average molecular weight is 401 g/mol. The number of halogens is 1. The number of thiazole rings is 1. The Morgan fingerprint density at radius 2 is 1.62 bits per heavy atom. The first-order valence-electron chi connectivity index (χ1n) is 7.17. The van der Waals surface area contributed by atoms with Crippen molar-refractivity contribution in [1.29, 1.82) is 0 Å². The number of ketones is 1. The Labute approximate surface area is 151 Å². The summed E-state index contributed by atoms with van der Waals surface area (Å²) >= 11 is 4.77. The third-order valence-corrected chi connectivity index (χ3v) is 4.70. The van der Waals surface area contributed by atoms with Crippen LogP contribution in [0.4, 0.5) is 5.13 Å². The molecule has 1 amide bonds. The van der Waals surface area contributed by atoms with Crippen LogP contribution in [0.25, 0.3) is 11.3 Å². The number of nitrogens with zero attached hydrogens (tertiary/aromatic N) is 1. The summed E-state index contributed by atoms with van der Waals surface area (Å²) in [5.74, 6) is -0.275. The van der Waals surface area contributed by atoms with Crippen molar-refractivity contribution >= 4 is 44.1 Å². The van der Waals surface area contributed by atoms with E-state index in [-0.39, 0.29) is 11.7 Å². The molecule has 0 bridgehead atoms. The molecule has 0 spiro atoms. The van der Waals surface area contributed by atoms with Crippen LogP contribution >= 0.6 is 27.3 Å². The second kappa shape index (κ2) is 7.07. The zero-order valence-corrected chi connectivity index (χ0v) is 15.1. The molecular formula is C18H13BrN2O2S. The van der Waals surface area contributed by atoms with Crippen molar-refractivity contribution in [2.45, 2.75) is 6.92 Å². The third kappa shape index (κ3) is 3.77. The molecule has 0 saturated carbocycles. The van der Waals surface area contributed by atoms with E-state index in [0.717, 1.165) is 15.7 Å². The number of amides is 1. The lowest BCUT2D eigenvalue weighted by molar-refractivity contribution is 0.100. The number of Topliss-reactive ketones (excluding diaryl/α,β-unsaturated/α-hetero) is 1. The first-order valence-corrected chi connectivity index (χ1v) is 8.84. The molecule has 0 radical (unpaired) electrons. The summed E-state index contributed by atoms with van der Waals surface area (Å²) in [5.41, 5.74) is 2.87. The minimum absolute atomic E-state index is 0.0268. The molecular weight excluding hydrogens is 388 g/mol. The zero-order chi connectivity index (χ0) is 17.1. The molecule has 1 heterocycles. The van der Waals surface area contributed by atoms with E-state index in [2.05, 4.69) is 26.2 Å². The summed E-state index contributed by atoms with van der Waals surface area (Å²) in [6.07, 6.45) is 0. The molecule has 1 N–H and O–H groups in total. The highest BCUT2D eigenvalue weighted by Crippen LogP contribution is 2.26. The van der Waals surface area contributed by atoms with E-state index < -0.39 is 0 Å². The Hall–Kier alpha value is -2.31. The smallest absolute Gasteiger partial charge is 0.257 e. The van der Waals surface area contributed by atoms with Crippen LogP contribution in [0.15, 0.2) is 58.4 Å². The van der Waals surface area contributed by atoms with E-state index in [9.17, 15) is 9.59 Å². The van der Waals surface area contributed by atoms with Crippen LogP contribution in [0, 0.1) is 0 Å². The summed E-state index contributed by atoms with van der Waals surface area (Å²) in [5, 5.41) is 5.22. The van der Waals surface area contributed by atoms with Gasteiger partial charge in [-0.1, -0.05) is 40.2 Å². The Bertz CT molecular complexity index is 886. The number of carbonyl (C=O) groups is 2. The summed E-state index contributed by atoms with van der Waals surface area (Å²) in [6.45, 7) is 1.49. The molecule has 0 aliphatic rings. The third-order valence-electron chi connectivity index (χ3n) is 3.42. The molecule has 0 saturated heterocycles. The van der Waals surface area contributed by atoms with Gasteiger partial charge >= 0.3 is 0 Å². The van der Waals surface area contributed by atoms with Crippen LogP contribution in [-0.4, -0.2) is 16.7 Å². The Morgan fingerprint density at radius 1 is 1.00 bits per heavy atom. The van der Waals surface area contributed by atoms with Crippen molar-refractivity contribution in [2.24, 2.45) is 0 Å². The van der Waals surface area contributed by atoms with Gasteiger partial charge in [0.15, 0.2) is 10.9 Å². The molecule has 0 aliphatic carbocycles. The van der Waals surface area contributed by atoms with Gasteiger partial charge in [-0.3, -0.25) is 14.9 Å². The molecule has 0 unspecified atom stereocenters. The Kier molecular flexibility index (Phi) is 4.87. The summed E-state index contributed by atoms with van der Waals surface area (Å²) < 4.78 is 1.00. The van der Waals surface area contributed by atoms with Crippen molar-refractivity contribution < 1.29 is 9.59 Å². The molecule has 0 fully saturated rings. The van der Waals surface area contributed by atoms with Crippen LogP contribution in [0.3, 0.4) is 0 Å². The van der Waals surface area contributed by atoms with E-state index in [1.54, 1.807) is 24.3 Å². The van der Waals surface area contributed by atoms with Gasteiger partial charge in [-0.05, 0) is 31.2 Å². The molecule has 0 aliphatic heterocycles. The quantitative estimate of drug-likeness (QED) is 0.624. The number of rotatable bonds is 4. The van der Waals surface area contributed by atoms with E-state index in [1.165, 1.54) is 18.3 Å².